The molecule has 1 unspecified atom stereocenters. The topological polar surface area (TPSA) is 26.3 Å². The van der Waals surface area contributed by atoms with E-state index in [4.69, 9.17) is 4.74 Å². The molecule has 0 saturated heterocycles. The summed E-state index contributed by atoms with van der Waals surface area (Å²) in [4.78, 5) is 12.2. The standard InChI is InChI=1S/C14H19BrO2/c1-5-17-13(16)14(3,4)12-8-6-7-11(9-12)10(2)15/h6-10H,5H2,1-4H3. The van der Waals surface area contributed by atoms with Gasteiger partial charge in [0.15, 0.2) is 0 Å². The Kier molecular flexibility index (Phi) is 4.75. The van der Waals surface area contributed by atoms with Crippen LogP contribution in [0.25, 0.3) is 0 Å². The third-order valence-corrected chi connectivity index (χ3v) is 3.38. The fraction of sp³-hybridized carbons (Fsp3) is 0.500. The highest BCUT2D eigenvalue weighted by atomic mass is 79.9. The fourth-order valence-corrected chi connectivity index (χ4v) is 1.89. The van der Waals surface area contributed by atoms with Crippen LogP contribution in [0.2, 0.25) is 0 Å². The van der Waals surface area contributed by atoms with Crippen molar-refractivity contribution in [1.29, 1.82) is 0 Å². The first-order chi connectivity index (χ1) is 7.89. The van der Waals surface area contributed by atoms with Gasteiger partial charge < -0.3 is 4.74 Å². The van der Waals surface area contributed by atoms with Crippen molar-refractivity contribution in [2.45, 2.75) is 37.9 Å². The molecule has 1 atom stereocenters. The number of rotatable bonds is 4. The van der Waals surface area contributed by atoms with Crippen molar-refractivity contribution in [3.05, 3.63) is 35.4 Å². The van der Waals surface area contributed by atoms with E-state index in [2.05, 4.69) is 28.9 Å². The molecule has 0 aliphatic rings. The predicted octanol–water partition coefficient (Wildman–Crippen LogP) is 3.98. The third-order valence-electron chi connectivity index (χ3n) is 2.85. The number of hydrogen-bond acceptors (Lipinski definition) is 2. The Morgan fingerprint density at radius 2 is 2.12 bits per heavy atom. The van der Waals surface area contributed by atoms with Crippen LogP contribution in [-0.4, -0.2) is 12.6 Å². The van der Waals surface area contributed by atoms with Crippen molar-refractivity contribution >= 4 is 21.9 Å². The third kappa shape index (κ3) is 3.32. The van der Waals surface area contributed by atoms with Crippen molar-refractivity contribution in [3.63, 3.8) is 0 Å². The fourth-order valence-electron chi connectivity index (χ4n) is 1.60. The molecule has 0 aliphatic heterocycles. The number of hydrogen-bond donors (Lipinski definition) is 0. The van der Waals surface area contributed by atoms with Crippen LogP contribution < -0.4 is 0 Å². The molecule has 0 spiro atoms. The van der Waals surface area contributed by atoms with E-state index in [1.807, 2.05) is 39.0 Å². The van der Waals surface area contributed by atoms with Crippen LogP contribution in [0, 0.1) is 0 Å². The van der Waals surface area contributed by atoms with E-state index in [1.165, 1.54) is 5.56 Å². The Labute approximate surface area is 111 Å². The van der Waals surface area contributed by atoms with Crippen LogP contribution in [0.4, 0.5) is 0 Å². The summed E-state index contributed by atoms with van der Waals surface area (Å²) in [7, 11) is 0. The van der Waals surface area contributed by atoms with Crippen molar-refractivity contribution in [2.24, 2.45) is 0 Å². The summed E-state index contributed by atoms with van der Waals surface area (Å²) in [6.45, 7) is 8.09. The van der Waals surface area contributed by atoms with Gasteiger partial charge in [-0.15, -0.1) is 0 Å². The number of carbonyl (C=O) groups excluding carboxylic acids is 1. The Hall–Kier alpha value is -0.830. The summed E-state index contributed by atoms with van der Waals surface area (Å²) in [6.07, 6.45) is 0. The molecule has 0 amide bonds. The van der Waals surface area contributed by atoms with E-state index in [1.54, 1.807) is 0 Å². The van der Waals surface area contributed by atoms with Crippen molar-refractivity contribution in [1.82, 2.24) is 0 Å². The highest BCUT2D eigenvalue weighted by Crippen LogP contribution is 2.29. The van der Waals surface area contributed by atoms with Crippen LogP contribution in [0.3, 0.4) is 0 Å². The van der Waals surface area contributed by atoms with Gasteiger partial charge in [0.05, 0.1) is 12.0 Å². The second-order valence-electron chi connectivity index (χ2n) is 4.59. The predicted molar refractivity (Wildman–Crippen MR) is 73.4 cm³/mol. The van der Waals surface area contributed by atoms with Crippen molar-refractivity contribution in [2.75, 3.05) is 6.61 Å². The number of ether oxygens (including phenoxy) is 1. The van der Waals surface area contributed by atoms with Crippen LogP contribution in [0.5, 0.6) is 0 Å². The lowest BCUT2D eigenvalue weighted by atomic mass is 9.84. The summed E-state index contributed by atoms with van der Waals surface area (Å²) in [6, 6.07) is 8.04. The maximum Gasteiger partial charge on any atom is 0.315 e. The van der Waals surface area contributed by atoms with Gasteiger partial charge in [-0.3, -0.25) is 4.79 Å². The van der Waals surface area contributed by atoms with E-state index in [9.17, 15) is 4.79 Å². The quantitative estimate of drug-likeness (QED) is 0.621. The van der Waals surface area contributed by atoms with Gasteiger partial charge in [0.1, 0.15) is 0 Å². The minimum Gasteiger partial charge on any atom is -0.465 e. The maximum absolute atomic E-state index is 11.9. The largest absolute Gasteiger partial charge is 0.465 e. The van der Waals surface area contributed by atoms with Crippen LogP contribution in [-0.2, 0) is 14.9 Å². The molecule has 0 saturated carbocycles. The minimum absolute atomic E-state index is 0.181. The first-order valence-electron chi connectivity index (χ1n) is 5.81. The molecule has 0 N–H and O–H groups in total. The van der Waals surface area contributed by atoms with E-state index < -0.39 is 5.41 Å². The van der Waals surface area contributed by atoms with Gasteiger partial charge in [-0.1, -0.05) is 40.2 Å². The van der Waals surface area contributed by atoms with Crippen LogP contribution in [0.15, 0.2) is 24.3 Å². The number of alkyl halides is 1. The molecular formula is C14H19BrO2. The normalized spacial score (nSPS) is 13.2. The Morgan fingerprint density at radius 3 is 2.65 bits per heavy atom. The molecule has 2 nitrogen and oxygen atoms in total. The number of benzene rings is 1. The molecule has 0 radical (unpaired) electrons. The molecular weight excluding hydrogens is 280 g/mol. The Morgan fingerprint density at radius 1 is 1.47 bits per heavy atom. The summed E-state index contributed by atoms with van der Waals surface area (Å²) in [5.74, 6) is -0.181. The smallest absolute Gasteiger partial charge is 0.315 e. The van der Waals surface area contributed by atoms with Crippen LogP contribution in [0.1, 0.15) is 43.6 Å². The molecule has 0 aromatic heterocycles. The highest BCUT2D eigenvalue weighted by molar-refractivity contribution is 9.09. The highest BCUT2D eigenvalue weighted by Gasteiger charge is 2.31. The summed E-state index contributed by atoms with van der Waals surface area (Å²) in [5.41, 5.74) is 1.55. The molecule has 17 heavy (non-hydrogen) atoms. The first-order valence-corrected chi connectivity index (χ1v) is 6.73. The lowest BCUT2D eigenvalue weighted by molar-refractivity contribution is -0.148. The molecule has 0 heterocycles. The van der Waals surface area contributed by atoms with Gasteiger partial charge in [0.25, 0.3) is 0 Å². The van der Waals surface area contributed by atoms with Gasteiger partial charge in [0.2, 0.25) is 0 Å². The second-order valence-corrected chi connectivity index (χ2v) is 5.96. The molecule has 3 heteroatoms. The second kappa shape index (κ2) is 5.67. The molecule has 0 aliphatic carbocycles. The number of carbonyl (C=O) groups is 1. The molecule has 94 valence electrons. The number of halogens is 1. The van der Waals surface area contributed by atoms with Crippen LogP contribution >= 0.6 is 15.9 Å². The monoisotopic (exact) mass is 298 g/mol. The van der Waals surface area contributed by atoms with E-state index in [0.717, 1.165) is 5.56 Å². The lowest BCUT2D eigenvalue weighted by Crippen LogP contribution is -2.31. The van der Waals surface area contributed by atoms with E-state index >= 15 is 0 Å². The van der Waals surface area contributed by atoms with E-state index in [-0.39, 0.29) is 10.8 Å². The summed E-state index contributed by atoms with van der Waals surface area (Å²) in [5, 5.41) is 0. The van der Waals surface area contributed by atoms with Gasteiger partial charge in [-0.05, 0) is 38.8 Å². The average Bonchev–Trinajstić information content (AvgIpc) is 2.29. The van der Waals surface area contributed by atoms with Crippen molar-refractivity contribution in [3.8, 4) is 0 Å². The molecule has 0 bridgehead atoms. The Bertz CT molecular complexity index is 397. The van der Waals surface area contributed by atoms with Gasteiger partial charge in [-0.2, -0.15) is 0 Å². The molecule has 1 aromatic carbocycles. The maximum atomic E-state index is 11.9. The SMILES string of the molecule is CCOC(=O)C(C)(C)c1cccc(C(C)Br)c1. The van der Waals surface area contributed by atoms with E-state index in [0.29, 0.717) is 6.61 Å². The van der Waals surface area contributed by atoms with Crippen molar-refractivity contribution < 1.29 is 9.53 Å². The summed E-state index contributed by atoms with van der Waals surface area (Å²) < 4.78 is 5.11. The minimum atomic E-state index is -0.603. The zero-order chi connectivity index (χ0) is 13.1. The first kappa shape index (κ1) is 14.2. The molecule has 0 fully saturated rings. The average molecular weight is 299 g/mol. The van der Waals surface area contributed by atoms with Gasteiger partial charge in [0, 0.05) is 4.83 Å². The molecule has 1 aromatic rings. The zero-order valence-corrected chi connectivity index (χ0v) is 12.4. The summed E-state index contributed by atoms with van der Waals surface area (Å²) >= 11 is 3.53. The Balaban J connectivity index is 3.06. The van der Waals surface area contributed by atoms with Gasteiger partial charge in [-0.25, -0.2) is 0 Å². The zero-order valence-electron chi connectivity index (χ0n) is 10.8. The molecule has 1 rings (SSSR count). The lowest BCUT2D eigenvalue weighted by Gasteiger charge is -2.23. The number of esters is 1. The van der Waals surface area contributed by atoms with Gasteiger partial charge >= 0.3 is 5.97 Å².